The summed E-state index contributed by atoms with van der Waals surface area (Å²) in [6.07, 6.45) is 2.72. The van der Waals surface area contributed by atoms with Crippen LogP contribution < -0.4 is 10.6 Å². The molecule has 1 aliphatic rings. The fraction of sp³-hybridized carbons (Fsp3) is 0.450. The number of aliphatic hydroxyl groups excluding tert-OH is 1. The minimum absolute atomic E-state index is 0.0148. The van der Waals surface area contributed by atoms with E-state index in [9.17, 15) is 14.3 Å². The Balaban J connectivity index is 1.71. The number of rotatable bonds is 6. The van der Waals surface area contributed by atoms with Crippen LogP contribution in [-0.2, 0) is 13.0 Å². The maximum Gasteiger partial charge on any atom is 0.318 e. The first-order valence-corrected chi connectivity index (χ1v) is 9.97. The first-order chi connectivity index (χ1) is 13.9. The van der Waals surface area contributed by atoms with E-state index in [2.05, 4.69) is 20.6 Å². The van der Waals surface area contributed by atoms with Gasteiger partial charge in [0.1, 0.15) is 5.82 Å². The lowest BCUT2D eigenvalue weighted by atomic mass is 10.0. The Hall–Kier alpha value is -2.45. The second kappa shape index (κ2) is 9.37. The molecule has 1 aromatic heterocycles. The van der Waals surface area contributed by atoms with Gasteiger partial charge in [0, 0.05) is 25.4 Å². The molecule has 2 heterocycles. The molecule has 2 aromatic rings. The zero-order chi connectivity index (χ0) is 21.0. The highest BCUT2D eigenvalue weighted by Gasteiger charge is 2.25. The average Bonchev–Trinajstić information content (AvgIpc) is 2.68. The van der Waals surface area contributed by atoms with Crippen molar-refractivity contribution in [3.63, 3.8) is 0 Å². The number of anilines is 1. The van der Waals surface area contributed by atoms with Gasteiger partial charge in [0.25, 0.3) is 0 Å². The van der Waals surface area contributed by atoms with Gasteiger partial charge in [0.2, 0.25) is 5.95 Å². The van der Waals surface area contributed by atoms with Crippen LogP contribution in [0.1, 0.15) is 43.1 Å². The standard InChI is InChI=1S/C20H25ClFN5O2/c1-12(2)24-19-23-10-14-5-7-27(11-18(14)25-19)20(29)26-17(6-8-28)13-3-4-15(21)16(22)9-13/h3-4,9-10,12,17,28H,5-8,11H2,1-2H3,(H,26,29)(H,23,24,25). The van der Waals surface area contributed by atoms with Gasteiger partial charge < -0.3 is 20.6 Å². The fourth-order valence-electron chi connectivity index (χ4n) is 3.22. The Morgan fingerprint density at radius 1 is 1.41 bits per heavy atom. The predicted octanol–water partition coefficient (Wildman–Crippen LogP) is 3.28. The molecule has 1 aliphatic heterocycles. The summed E-state index contributed by atoms with van der Waals surface area (Å²) in [6, 6.07) is 3.76. The van der Waals surface area contributed by atoms with Gasteiger partial charge in [-0.25, -0.2) is 19.2 Å². The SMILES string of the molecule is CC(C)Nc1ncc2c(n1)CN(C(=O)NC(CCO)c1ccc(Cl)c(F)c1)CC2. The summed E-state index contributed by atoms with van der Waals surface area (Å²) in [5.74, 6) is -0.0223. The molecule has 2 amide bonds. The topological polar surface area (TPSA) is 90.4 Å². The van der Waals surface area contributed by atoms with E-state index in [0.717, 1.165) is 11.3 Å². The molecule has 0 fully saturated rings. The van der Waals surface area contributed by atoms with Gasteiger partial charge in [-0.3, -0.25) is 0 Å². The van der Waals surface area contributed by atoms with Gasteiger partial charge in [-0.05, 0) is 49.9 Å². The van der Waals surface area contributed by atoms with Crippen LogP contribution in [-0.4, -0.2) is 45.2 Å². The molecule has 1 aromatic carbocycles. The molecule has 3 rings (SSSR count). The molecule has 29 heavy (non-hydrogen) atoms. The Morgan fingerprint density at radius 2 is 2.21 bits per heavy atom. The second-order valence-corrected chi connectivity index (χ2v) is 7.73. The van der Waals surface area contributed by atoms with Crippen LogP contribution in [0.5, 0.6) is 0 Å². The second-order valence-electron chi connectivity index (χ2n) is 7.32. The molecule has 0 saturated carbocycles. The van der Waals surface area contributed by atoms with Crippen LogP contribution in [0.15, 0.2) is 24.4 Å². The van der Waals surface area contributed by atoms with Crippen LogP contribution in [0, 0.1) is 5.82 Å². The largest absolute Gasteiger partial charge is 0.396 e. The number of hydrogen-bond donors (Lipinski definition) is 3. The fourth-order valence-corrected chi connectivity index (χ4v) is 3.34. The molecule has 9 heteroatoms. The van der Waals surface area contributed by atoms with Gasteiger partial charge >= 0.3 is 6.03 Å². The summed E-state index contributed by atoms with van der Waals surface area (Å²) >= 11 is 5.74. The van der Waals surface area contributed by atoms with Crippen molar-refractivity contribution in [2.45, 2.75) is 45.3 Å². The quantitative estimate of drug-likeness (QED) is 0.666. The minimum atomic E-state index is -0.560. The third-order valence-electron chi connectivity index (χ3n) is 4.71. The van der Waals surface area contributed by atoms with Crippen molar-refractivity contribution in [3.05, 3.63) is 52.1 Å². The summed E-state index contributed by atoms with van der Waals surface area (Å²) in [5, 5.41) is 15.4. The zero-order valence-electron chi connectivity index (χ0n) is 16.5. The molecular formula is C20H25ClFN5O2. The normalized spacial score (nSPS) is 14.5. The average molecular weight is 422 g/mol. The van der Waals surface area contributed by atoms with E-state index in [1.54, 1.807) is 17.2 Å². The van der Waals surface area contributed by atoms with Gasteiger partial charge in [-0.1, -0.05) is 17.7 Å². The Bertz CT molecular complexity index is 880. The summed E-state index contributed by atoms with van der Waals surface area (Å²) in [7, 11) is 0. The van der Waals surface area contributed by atoms with E-state index in [1.165, 1.54) is 12.1 Å². The number of halogens is 2. The van der Waals surface area contributed by atoms with E-state index in [4.69, 9.17) is 11.6 Å². The Morgan fingerprint density at radius 3 is 2.90 bits per heavy atom. The highest BCUT2D eigenvalue weighted by molar-refractivity contribution is 6.30. The monoisotopic (exact) mass is 421 g/mol. The number of carbonyl (C=O) groups excluding carboxylic acids is 1. The van der Waals surface area contributed by atoms with Crippen molar-refractivity contribution in [1.29, 1.82) is 0 Å². The van der Waals surface area contributed by atoms with Gasteiger partial charge in [0.05, 0.1) is 23.3 Å². The Kier molecular flexibility index (Phi) is 6.87. The van der Waals surface area contributed by atoms with Crippen molar-refractivity contribution >= 4 is 23.6 Å². The van der Waals surface area contributed by atoms with E-state index < -0.39 is 11.9 Å². The number of hydrogen-bond acceptors (Lipinski definition) is 5. The number of aliphatic hydroxyl groups is 1. The number of urea groups is 1. The van der Waals surface area contributed by atoms with E-state index in [1.807, 2.05) is 13.8 Å². The van der Waals surface area contributed by atoms with Crippen LogP contribution in [0.4, 0.5) is 15.1 Å². The molecular weight excluding hydrogens is 397 g/mol. The molecule has 156 valence electrons. The van der Waals surface area contributed by atoms with Crippen molar-refractivity contribution in [2.24, 2.45) is 0 Å². The van der Waals surface area contributed by atoms with Gasteiger partial charge in [-0.15, -0.1) is 0 Å². The van der Waals surface area contributed by atoms with Crippen molar-refractivity contribution in [3.8, 4) is 0 Å². The number of amides is 2. The lowest BCUT2D eigenvalue weighted by Crippen LogP contribution is -2.44. The summed E-state index contributed by atoms with van der Waals surface area (Å²) in [4.78, 5) is 23.3. The van der Waals surface area contributed by atoms with E-state index >= 15 is 0 Å². The number of nitrogens with zero attached hydrogens (tertiary/aromatic N) is 3. The number of benzene rings is 1. The molecule has 0 bridgehead atoms. The molecule has 3 N–H and O–H groups in total. The predicted molar refractivity (Wildman–Crippen MR) is 109 cm³/mol. The number of aromatic nitrogens is 2. The molecule has 7 nitrogen and oxygen atoms in total. The van der Waals surface area contributed by atoms with E-state index in [-0.39, 0.29) is 30.1 Å². The van der Waals surface area contributed by atoms with Crippen molar-refractivity contribution in [1.82, 2.24) is 20.2 Å². The lowest BCUT2D eigenvalue weighted by molar-refractivity contribution is 0.183. The van der Waals surface area contributed by atoms with Crippen LogP contribution >= 0.6 is 11.6 Å². The van der Waals surface area contributed by atoms with Crippen molar-refractivity contribution < 1.29 is 14.3 Å². The number of carbonyl (C=O) groups is 1. The molecule has 1 atom stereocenters. The maximum atomic E-state index is 13.8. The molecule has 0 saturated heterocycles. The lowest BCUT2D eigenvalue weighted by Gasteiger charge is -2.30. The van der Waals surface area contributed by atoms with Crippen LogP contribution in [0.3, 0.4) is 0 Å². The van der Waals surface area contributed by atoms with Gasteiger partial charge in [-0.2, -0.15) is 0 Å². The maximum absolute atomic E-state index is 13.8. The minimum Gasteiger partial charge on any atom is -0.396 e. The zero-order valence-corrected chi connectivity index (χ0v) is 17.2. The van der Waals surface area contributed by atoms with Crippen LogP contribution in [0.25, 0.3) is 0 Å². The van der Waals surface area contributed by atoms with Crippen LogP contribution in [0.2, 0.25) is 5.02 Å². The molecule has 1 unspecified atom stereocenters. The molecule has 0 aliphatic carbocycles. The highest BCUT2D eigenvalue weighted by atomic mass is 35.5. The first kappa shape index (κ1) is 21.3. The first-order valence-electron chi connectivity index (χ1n) is 9.60. The summed E-state index contributed by atoms with van der Waals surface area (Å²) in [5.41, 5.74) is 2.38. The molecule has 0 spiro atoms. The smallest absolute Gasteiger partial charge is 0.318 e. The summed E-state index contributed by atoms with van der Waals surface area (Å²) < 4.78 is 13.8. The summed E-state index contributed by atoms with van der Waals surface area (Å²) in [6.45, 7) is 4.75. The highest BCUT2D eigenvalue weighted by Crippen LogP contribution is 2.24. The van der Waals surface area contributed by atoms with Crippen molar-refractivity contribution in [2.75, 3.05) is 18.5 Å². The third-order valence-corrected chi connectivity index (χ3v) is 5.02. The molecule has 0 radical (unpaired) electrons. The van der Waals surface area contributed by atoms with E-state index in [0.29, 0.717) is 31.0 Å². The Labute approximate surface area is 174 Å². The van der Waals surface area contributed by atoms with Gasteiger partial charge in [0.15, 0.2) is 0 Å². The number of fused-ring (bicyclic) bond motifs is 1. The number of nitrogens with one attached hydrogen (secondary N) is 2. The third kappa shape index (κ3) is 5.33.